The number of ether oxygens (including phenoxy) is 1. The summed E-state index contributed by atoms with van der Waals surface area (Å²) in [5, 5.41) is 4.34. The summed E-state index contributed by atoms with van der Waals surface area (Å²) in [5.41, 5.74) is 0.921. The number of benzene rings is 1. The molecular weight excluding hydrogens is 293 g/mol. The van der Waals surface area contributed by atoms with Gasteiger partial charge in [-0.3, -0.25) is 9.58 Å². The SMILES string of the molecule is Fc1ccc(C2CN(CCn3cccn3)CCO2)cc1Cl. The molecule has 1 aromatic heterocycles. The molecule has 6 heteroatoms. The first-order chi connectivity index (χ1) is 10.2. The third kappa shape index (κ3) is 3.61. The van der Waals surface area contributed by atoms with Gasteiger partial charge in [0.15, 0.2) is 0 Å². The largest absolute Gasteiger partial charge is 0.371 e. The number of morpholine rings is 1. The highest BCUT2D eigenvalue weighted by molar-refractivity contribution is 6.30. The lowest BCUT2D eigenvalue weighted by atomic mass is 10.1. The summed E-state index contributed by atoms with van der Waals surface area (Å²) < 4.78 is 20.9. The van der Waals surface area contributed by atoms with Crippen LogP contribution in [0.2, 0.25) is 5.02 Å². The summed E-state index contributed by atoms with van der Waals surface area (Å²) >= 11 is 5.84. The van der Waals surface area contributed by atoms with E-state index in [0.29, 0.717) is 6.61 Å². The van der Waals surface area contributed by atoms with E-state index < -0.39 is 5.82 Å². The molecule has 0 bridgehead atoms. The number of hydrogen-bond acceptors (Lipinski definition) is 3. The van der Waals surface area contributed by atoms with Gasteiger partial charge in [0.25, 0.3) is 0 Å². The van der Waals surface area contributed by atoms with Crippen LogP contribution in [0, 0.1) is 5.82 Å². The Morgan fingerprint density at radius 3 is 3.05 bits per heavy atom. The van der Waals surface area contributed by atoms with Gasteiger partial charge in [-0.15, -0.1) is 0 Å². The van der Waals surface area contributed by atoms with Gasteiger partial charge in [0, 0.05) is 32.0 Å². The van der Waals surface area contributed by atoms with E-state index >= 15 is 0 Å². The maximum Gasteiger partial charge on any atom is 0.141 e. The Labute approximate surface area is 128 Å². The summed E-state index contributed by atoms with van der Waals surface area (Å²) in [6, 6.07) is 6.70. The van der Waals surface area contributed by atoms with Gasteiger partial charge in [-0.25, -0.2) is 4.39 Å². The van der Waals surface area contributed by atoms with E-state index in [0.717, 1.165) is 31.7 Å². The molecule has 1 fully saturated rings. The van der Waals surface area contributed by atoms with Crippen molar-refractivity contribution in [1.82, 2.24) is 14.7 Å². The smallest absolute Gasteiger partial charge is 0.141 e. The van der Waals surface area contributed by atoms with Crippen molar-refractivity contribution in [3.8, 4) is 0 Å². The Hall–Kier alpha value is -1.43. The topological polar surface area (TPSA) is 30.3 Å². The first kappa shape index (κ1) is 14.5. The standard InChI is InChI=1S/C15H17ClFN3O/c16-13-10-12(2-3-14(13)17)15-11-19(8-9-21-15)6-7-20-5-1-4-18-20/h1-5,10,15H,6-9,11H2. The fourth-order valence-corrected chi connectivity index (χ4v) is 2.69. The van der Waals surface area contributed by atoms with Crippen molar-refractivity contribution in [2.75, 3.05) is 26.2 Å². The van der Waals surface area contributed by atoms with Gasteiger partial charge in [0.1, 0.15) is 5.82 Å². The maximum atomic E-state index is 13.2. The fraction of sp³-hybridized carbons (Fsp3) is 0.400. The molecule has 1 saturated heterocycles. The van der Waals surface area contributed by atoms with Crippen LogP contribution in [-0.4, -0.2) is 40.9 Å². The van der Waals surface area contributed by atoms with Crippen molar-refractivity contribution in [3.63, 3.8) is 0 Å². The van der Waals surface area contributed by atoms with Crippen molar-refractivity contribution < 1.29 is 9.13 Å². The minimum Gasteiger partial charge on any atom is -0.371 e. The lowest BCUT2D eigenvalue weighted by molar-refractivity contribution is -0.0311. The first-order valence-electron chi connectivity index (χ1n) is 6.99. The number of hydrogen-bond donors (Lipinski definition) is 0. The summed E-state index contributed by atoms with van der Waals surface area (Å²) in [5.74, 6) is -0.397. The van der Waals surface area contributed by atoms with Crippen LogP contribution in [0.15, 0.2) is 36.7 Å². The molecule has 3 rings (SSSR count). The van der Waals surface area contributed by atoms with E-state index in [2.05, 4.69) is 10.00 Å². The highest BCUT2D eigenvalue weighted by atomic mass is 35.5. The van der Waals surface area contributed by atoms with E-state index in [1.54, 1.807) is 18.3 Å². The molecule has 1 aliphatic rings. The molecular formula is C15H17ClFN3O. The Balaban J connectivity index is 1.61. The summed E-state index contributed by atoms with van der Waals surface area (Å²) in [6.45, 7) is 4.11. The molecule has 0 amide bonds. The predicted octanol–water partition coefficient (Wildman–Crippen LogP) is 2.75. The van der Waals surface area contributed by atoms with Crippen LogP contribution in [0.1, 0.15) is 11.7 Å². The zero-order valence-corrected chi connectivity index (χ0v) is 12.3. The molecule has 1 aliphatic heterocycles. The predicted molar refractivity (Wildman–Crippen MR) is 78.8 cm³/mol. The lowest BCUT2D eigenvalue weighted by Gasteiger charge is -2.33. The quantitative estimate of drug-likeness (QED) is 0.870. The molecule has 4 nitrogen and oxygen atoms in total. The molecule has 0 saturated carbocycles. The average molecular weight is 310 g/mol. The Kier molecular flexibility index (Phi) is 4.53. The van der Waals surface area contributed by atoms with Crippen molar-refractivity contribution in [1.29, 1.82) is 0 Å². The summed E-state index contributed by atoms with van der Waals surface area (Å²) in [4.78, 5) is 2.33. The average Bonchev–Trinajstić information content (AvgIpc) is 3.02. The molecule has 2 heterocycles. The van der Waals surface area contributed by atoms with Crippen molar-refractivity contribution in [2.45, 2.75) is 12.6 Å². The molecule has 2 aromatic rings. The van der Waals surface area contributed by atoms with Gasteiger partial charge >= 0.3 is 0 Å². The molecule has 1 atom stereocenters. The van der Waals surface area contributed by atoms with Crippen molar-refractivity contribution in [3.05, 3.63) is 53.1 Å². The van der Waals surface area contributed by atoms with Crippen LogP contribution in [-0.2, 0) is 11.3 Å². The van der Waals surface area contributed by atoms with Gasteiger partial charge in [0.2, 0.25) is 0 Å². The highest BCUT2D eigenvalue weighted by Gasteiger charge is 2.22. The molecule has 0 N–H and O–H groups in total. The Morgan fingerprint density at radius 2 is 2.29 bits per heavy atom. The van der Waals surface area contributed by atoms with Crippen molar-refractivity contribution in [2.24, 2.45) is 0 Å². The number of rotatable bonds is 4. The van der Waals surface area contributed by atoms with Crippen LogP contribution in [0.4, 0.5) is 4.39 Å². The Bertz CT molecular complexity index is 591. The molecule has 0 radical (unpaired) electrons. The number of aromatic nitrogens is 2. The summed E-state index contributed by atoms with van der Waals surface area (Å²) in [6.07, 6.45) is 3.68. The maximum absolute atomic E-state index is 13.2. The molecule has 0 spiro atoms. The Morgan fingerprint density at radius 1 is 1.38 bits per heavy atom. The zero-order valence-electron chi connectivity index (χ0n) is 11.6. The van der Waals surface area contributed by atoms with Crippen LogP contribution in [0.3, 0.4) is 0 Å². The zero-order chi connectivity index (χ0) is 14.7. The van der Waals surface area contributed by atoms with Crippen LogP contribution in [0.5, 0.6) is 0 Å². The molecule has 1 unspecified atom stereocenters. The van der Waals surface area contributed by atoms with E-state index in [4.69, 9.17) is 16.3 Å². The highest BCUT2D eigenvalue weighted by Crippen LogP contribution is 2.26. The van der Waals surface area contributed by atoms with Gasteiger partial charge in [-0.05, 0) is 23.8 Å². The van der Waals surface area contributed by atoms with E-state index in [9.17, 15) is 4.39 Å². The van der Waals surface area contributed by atoms with Crippen LogP contribution >= 0.6 is 11.6 Å². The minimum atomic E-state index is -0.397. The van der Waals surface area contributed by atoms with E-state index in [1.807, 2.05) is 16.9 Å². The fourth-order valence-electron chi connectivity index (χ4n) is 2.50. The van der Waals surface area contributed by atoms with E-state index in [1.165, 1.54) is 6.07 Å². The van der Waals surface area contributed by atoms with Crippen LogP contribution in [0.25, 0.3) is 0 Å². The number of halogens is 2. The van der Waals surface area contributed by atoms with Gasteiger partial charge in [0.05, 0.1) is 24.3 Å². The first-order valence-corrected chi connectivity index (χ1v) is 7.36. The van der Waals surface area contributed by atoms with Gasteiger partial charge in [-0.2, -0.15) is 5.10 Å². The molecule has 1 aromatic carbocycles. The minimum absolute atomic E-state index is 0.0607. The second-order valence-corrected chi connectivity index (χ2v) is 5.51. The second-order valence-electron chi connectivity index (χ2n) is 5.10. The number of nitrogens with zero attached hydrogens (tertiary/aromatic N) is 3. The van der Waals surface area contributed by atoms with Gasteiger partial charge in [-0.1, -0.05) is 17.7 Å². The third-order valence-corrected chi connectivity index (χ3v) is 3.96. The normalized spacial score (nSPS) is 19.8. The second kappa shape index (κ2) is 6.56. The van der Waals surface area contributed by atoms with Crippen molar-refractivity contribution >= 4 is 11.6 Å². The molecule has 21 heavy (non-hydrogen) atoms. The van der Waals surface area contributed by atoms with E-state index in [-0.39, 0.29) is 11.1 Å². The monoisotopic (exact) mass is 309 g/mol. The molecule has 0 aliphatic carbocycles. The third-order valence-electron chi connectivity index (χ3n) is 3.67. The lowest BCUT2D eigenvalue weighted by Crippen LogP contribution is -2.40. The van der Waals surface area contributed by atoms with Gasteiger partial charge < -0.3 is 4.74 Å². The summed E-state index contributed by atoms with van der Waals surface area (Å²) in [7, 11) is 0. The molecule has 112 valence electrons. The van der Waals surface area contributed by atoms with Crippen LogP contribution < -0.4 is 0 Å².